The molecule has 276 valence electrons. The lowest BCUT2D eigenvalue weighted by Gasteiger charge is -2.21. The number of hydrazone groups is 1. The number of aryl methyl sites for hydroxylation is 1. The lowest BCUT2D eigenvalue weighted by atomic mass is 10.1. The summed E-state index contributed by atoms with van der Waals surface area (Å²) in [6.07, 6.45) is 6.79. The number of hydrogen-bond donors (Lipinski definition) is 4. The second kappa shape index (κ2) is 21.0. The number of fused-ring (bicyclic) bond motifs is 1. The van der Waals surface area contributed by atoms with Crippen molar-refractivity contribution in [2.45, 2.75) is 52.5 Å². The number of anilines is 2. The molecule has 0 atom stereocenters. The fourth-order valence-electron chi connectivity index (χ4n) is 4.72. The number of rotatable bonds is 16. The van der Waals surface area contributed by atoms with E-state index < -0.39 is 18.0 Å². The van der Waals surface area contributed by atoms with Gasteiger partial charge in [0, 0.05) is 31.0 Å². The fraction of sp³-hybridized carbons (Fsp3) is 0.333. The van der Waals surface area contributed by atoms with E-state index in [-0.39, 0.29) is 31.4 Å². The Labute approximate surface area is 300 Å². The monoisotopic (exact) mass is 717 g/mol. The number of esters is 1. The molecule has 2 amide bonds. The lowest BCUT2D eigenvalue weighted by Crippen LogP contribution is -2.34. The van der Waals surface area contributed by atoms with Crippen LogP contribution in [-0.2, 0) is 37.4 Å². The minimum absolute atomic E-state index is 0.0519. The number of nitrogens with zero attached hydrogens (tertiary/aromatic N) is 5. The molecule has 4 N–H and O–H groups in total. The van der Waals surface area contributed by atoms with Gasteiger partial charge in [0.05, 0.1) is 43.4 Å². The fourth-order valence-corrected chi connectivity index (χ4v) is 4.72. The molecule has 52 heavy (non-hydrogen) atoms. The first-order valence-electron chi connectivity index (χ1n) is 16.6. The Morgan fingerprint density at radius 3 is 2.35 bits per heavy atom. The van der Waals surface area contributed by atoms with Crippen molar-refractivity contribution in [3.63, 3.8) is 0 Å². The molecule has 0 aliphatic heterocycles. The number of carboxylic acid groups (broad SMARTS) is 2. The van der Waals surface area contributed by atoms with Gasteiger partial charge in [-0.25, -0.2) is 29.8 Å². The highest BCUT2D eigenvalue weighted by Gasteiger charge is 2.21. The van der Waals surface area contributed by atoms with Gasteiger partial charge in [-0.2, -0.15) is 5.10 Å². The van der Waals surface area contributed by atoms with Gasteiger partial charge < -0.3 is 29.6 Å². The molecule has 0 aliphatic carbocycles. The number of unbranched alkanes of at least 4 members (excludes halogenated alkanes) is 3. The van der Waals surface area contributed by atoms with Gasteiger partial charge in [0.1, 0.15) is 11.6 Å². The van der Waals surface area contributed by atoms with Crippen LogP contribution in [0.15, 0.2) is 72.0 Å². The number of aliphatic carboxylic acids is 2. The minimum Gasteiger partial charge on any atom is -0.473 e. The van der Waals surface area contributed by atoms with Gasteiger partial charge in [0.15, 0.2) is 0 Å². The molecule has 4 aromatic rings. The molecule has 0 spiro atoms. The Bertz CT molecular complexity index is 1820. The number of carbonyl (C=O) groups excluding carboxylic acids is 3. The zero-order valence-electron chi connectivity index (χ0n) is 29.3. The van der Waals surface area contributed by atoms with Crippen LogP contribution in [0.3, 0.4) is 0 Å². The first-order valence-corrected chi connectivity index (χ1v) is 16.6. The van der Waals surface area contributed by atoms with E-state index in [1.165, 1.54) is 4.90 Å². The Balaban J connectivity index is 0.00000112. The zero-order chi connectivity index (χ0) is 37.9. The maximum Gasteiger partial charge on any atom is 0.427 e. The van der Waals surface area contributed by atoms with Crippen LogP contribution in [0.2, 0.25) is 0 Å². The first-order chi connectivity index (χ1) is 25.0. The van der Waals surface area contributed by atoms with Crippen molar-refractivity contribution >= 4 is 58.7 Å². The van der Waals surface area contributed by atoms with Crippen LogP contribution in [0, 0.1) is 0 Å². The van der Waals surface area contributed by atoms with Gasteiger partial charge in [-0.05, 0) is 61.4 Å². The number of amides is 2. The highest BCUT2D eigenvalue weighted by Crippen LogP contribution is 2.21. The topological polar surface area (TPSA) is 215 Å². The van der Waals surface area contributed by atoms with Gasteiger partial charge in [-0.1, -0.05) is 44.4 Å². The highest BCUT2D eigenvalue weighted by atomic mass is 16.6. The third kappa shape index (κ3) is 12.9. The molecule has 4 rings (SSSR count). The molecule has 2 aromatic heterocycles. The molecule has 0 aliphatic rings. The van der Waals surface area contributed by atoms with Crippen molar-refractivity contribution in [3.05, 3.63) is 83.8 Å². The van der Waals surface area contributed by atoms with E-state index >= 15 is 0 Å². The summed E-state index contributed by atoms with van der Waals surface area (Å²) in [6, 6.07) is 18.3. The second-order valence-electron chi connectivity index (χ2n) is 11.1. The van der Waals surface area contributed by atoms with Crippen LogP contribution in [0.1, 0.15) is 67.7 Å². The Morgan fingerprint density at radius 1 is 0.942 bits per heavy atom. The van der Waals surface area contributed by atoms with Crippen molar-refractivity contribution in [2.75, 3.05) is 30.0 Å². The summed E-state index contributed by atoms with van der Waals surface area (Å²) in [5.41, 5.74) is 6.07. The number of carbonyl (C=O) groups is 5. The van der Waals surface area contributed by atoms with Gasteiger partial charge in [0.25, 0.3) is 5.91 Å². The third-order valence-corrected chi connectivity index (χ3v) is 7.38. The van der Waals surface area contributed by atoms with Gasteiger partial charge in [0.2, 0.25) is 0 Å². The largest absolute Gasteiger partial charge is 0.473 e. The van der Waals surface area contributed by atoms with Gasteiger partial charge in [-0.15, -0.1) is 0 Å². The number of nitrogens with one attached hydrogen (secondary N) is 2. The predicted molar refractivity (Wildman–Crippen MR) is 193 cm³/mol. The highest BCUT2D eigenvalue weighted by molar-refractivity contribution is 6.27. The summed E-state index contributed by atoms with van der Waals surface area (Å²) in [7, 11) is 1.93. The second-order valence-corrected chi connectivity index (χ2v) is 11.1. The van der Waals surface area contributed by atoms with Crippen molar-refractivity contribution in [2.24, 2.45) is 12.1 Å². The van der Waals surface area contributed by atoms with Crippen LogP contribution in [0.4, 0.5) is 16.3 Å². The summed E-state index contributed by atoms with van der Waals surface area (Å²) in [4.78, 5) is 66.2. The predicted octanol–water partition coefficient (Wildman–Crippen LogP) is 4.98. The molecule has 2 aromatic carbocycles. The number of hydrogen-bond acceptors (Lipinski definition) is 11. The molecule has 2 heterocycles. The number of ether oxygens (including phenoxy) is 2. The number of carboxylic acids is 2. The minimum atomic E-state index is -1.82. The van der Waals surface area contributed by atoms with Crippen molar-refractivity contribution < 1.29 is 43.7 Å². The SMILES string of the molecule is CCCCCCOC(=O)N/N=C/c1ccc(NCc2nc3cc(C(=O)N(CCC(=O)OCC)c4ccccn4)ccc3n2C)cc1.O=C(O)C(=O)O. The molecular weight excluding hydrogens is 674 g/mol. The number of aromatic nitrogens is 3. The summed E-state index contributed by atoms with van der Waals surface area (Å²) in [6.45, 7) is 5.13. The van der Waals surface area contributed by atoms with E-state index in [1.807, 2.05) is 41.9 Å². The molecule has 16 heteroatoms. The lowest BCUT2D eigenvalue weighted by molar-refractivity contribution is -0.159. The number of benzene rings is 2. The molecule has 0 bridgehead atoms. The van der Waals surface area contributed by atoms with E-state index in [4.69, 9.17) is 34.3 Å². The number of pyridine rings is 1. The maximum absolute atomic E-state index is 13.6. The van der Waals surface area contributed by atoms with Gasteiger partial charge >= 0.3 is 24.0 Å². The molecule has 0 unspecified atom stereocenters. The van der Waals surface area contributed by atoms with E-state index in [1.54, 1.807) is 49.7 Å². The van der Waals surface area contributed by atoms with Crippen LogP contribution >= 0.6 is 0 Å². The zero-order valence-corrected chi connectivity index (χ0v) is 29.3. The molecule has 0 fully saturated rings. The normalized spacial score (nSPS) is 10.6. The van der Waals surface area contributed by atoms with E-state index in [2.05, 4.69) is 27.8 Å². The van der Waals surface area contributed by atoms with Crippen LogP contribution in [-0.4, -0.2) is 80.6 Å². The van der Waals surface area contributed by atoms with E-state index in [0.717, 1.165) is 48.3 Å². The van der Waals surface area contributed by atoms with Crippen molar-refractivity contribution in [1.82, 2.24) is 20.0 Å². The smallest absolute Gasteiger partial charge is 0.427 e. The van der Waals surface area contributed by atoms with E-state index in [9.17, 15) is 14.4 Å². The molecular formula is C36H43N7O9. The first kappa shape index (κ1) is 40.1. The maximum atomic E-state index is 13.6. The third-order valence-electron chi connectivity index (χ3n) is 7.38. The molecule has 16 nitrogen and oxygen atoms in total. The van der Waals surface area contributed by atoms with Crippen LogP contribution in [0.25, 0.3) is 11.0 Å². The summed E-state index contributed by atoms with van der Waals surface area (Å²) < 4.78 is 12.1. The standard InChI is InChI=1S/C34H41N7O5.C2H2O4/c1-4-6-7-10-21-46-34(44)39-37-23-25-12-15-27(16-13-25)36-24-31-38-28-22-26(14-17-29(28)40(31)3)33(43)41(20-18-32(42)45-5-2)30-11-8-9-19-35-30;3-1(4)2(5)6/h8-9,11-17,19,22-23,36H,4-7,10,18,20-21,24H2,1-3H3,(H,39,44);(H,3,4)(H,5,6)/b37-23+;. The molecule has 0 saturated carbocycles. The Hall–Kier alpha value is -6.32. The average molecular weight is 718 g/mol. The van der Waals surface area contributed by atoms with Crippen molar-refractivity contribution in [3.8, 4) is 0 Å². The molecule has 0 saturated heterocycles. The Kier molecular flexibility index (Phi) is 16.2. The Morgan fingerprint density at radius 2 is 1.69 bits per heavy atom. The van der Waals surface area contributed by atoms with Crippen molar-refractivity contribution in [1.29, 1.82) is 0 Å². The summed E-state index contributed by atoms with van der Waals surface area (Å²) >= 11 is 0. The average Bonchev–Trinajstić information content (AvgIpc) is 3.46. The summed E-state index contributed by atoms with van der Waals surface area (Å²) in [5.74, 6) is -3.07. The quantitative estimate of drug-likeness (QED) is 0.0397. The van der Waals surface area contributed by atoms with Gasteiger partial charge in [-0.3, -0.25) is 14.5 Å². The molecule has 0 radical (unpaired) electrons. The van der Waals surface area contributed by atoms with E-state index in [0.29, 0.717) is 30.0 Å². The summed E-state index contributed by atoms with van der Waals surface area (Å²) in [5, 5.41) is 22.1. The van der Waals surface area contributed by atoms with Crippen LogP contribution in [0.5, 0.6) is 0 Å². The van der Waals surface area contributed by atoms with Crippen LogP contribution < -0.4 is 15.6 Å². The number of imidazole rings is 1.